The lowest BCUT2D eigenvalue weighted by atomic mass is 9.98. The molecule has 8 nitrogen and oxygen atoms in total. The number of carboxylic acid groups (broad SMARTS) is 1. The second-order valence-corrected chi connectivity index (χ2v) is 9.14. The summed E-state index contributed by atoms with van der Waals surface area (Å²) >= 11 is 0. The molecule has 3 N–H and O–H groups in total. The van der Waals surface area contributed by atoms with E-state index in [1.165, 1.54) is 12.1 Å². The van der Waals surface area contributed by atoms with E-state index >= 15 is 0 Å². The summed E-state index contributed by atoms with van der Waals surface area (Å²) in [7, 11) is -3.66. The van der Waals surface area contributed by atoms with E-state index in [0.29, 0.717) is 0 Å². The molecule has 0 fully saturated rings. The van der Waals surface area contributed by atoms with E-state index in [4.69, 9.17) is 4.74 Å². The molecule has 1 amide bonds. The zero-order valence-electron chi connectivity index (χ0n) is 17.0. The number of ether oxygens (including phenoxy) is 1. The van der Waals surface area contributed by atoms with Gasteiger partial charge in [0, 0.05) is 11.6 Å². The van der Waals surface area contributed by atoms with Gasteiger partial charge in [0.2, 0.25) is 10.0 Å². The number of sulfonamides is 1. The molecular formula is C23H20N2O6S. The Morgan fingerprint density at radius 3 is 2.12 bits per heavy atom. The Morgan fingerprint density at radius 2 is 1.56 bits per heavy atom. The van der Waals surface area contributed by atoms with Crippen LogP contribution in [0.1, 0.15) is 27.4 Å². The minimum atomic E-state index is -3.66. The highest BCUT2D eigenvalue weighted by atomic mass is 32.2. The minimum absolute atomic E-state index is 0.0990. The fourth-order valence-corrected chi connectivity index (χ4v) is 4.42. The first-order valence-electron chi connectivity index (χ1n) is 9.70. The highest BCUT2D eigenvalue weighted by Crippen LogP contribution is 2.44. The lowest BCUT2D eigenvalue weighted by Gasteiger charge is -2.15. The van der Waals surface area contributed by atoms with Crippen molar-refractivity contribution >= 4 is 33.5 Å². The fourth-order valence-electron chi connectivity index (χ4n) is 3.84. The van der Waals surface area contributed by atoms with Crippen LogP contribution >= 0.6 is 0 Å². The molecule has 0 bridgehead atoms. The molecule has 0 aromatic heterocycles. The van der Waals surface area contributed by atoms with Gasteiger partial charge in [-0.15, -0.1) is 0 Å². The summed E-state index contributed by atoms with van der Waals surface area (Å²) in [6.45, 7) is 0.110. The zero-order chi connectivity index (χ0) is 22.9. The molecule has 3 aromatic carbocycles. The van der Waals surface area contributed by atoms with Crippen molar-refractivity contribution in [2.45, 2.75) is 5.92 Å². The van der Waals surface area contributed by atoms with Crippen molar-refractivity contribution in [2.75, 3.05) is 22.9 Å². The van der Waals surface area contributed by atoms with Crippen LogP contribution in [0.4, 0.5) is 16.2 Å². The number of rotatable bonds is 6. The van der Waals surface area contributed by atoms with Gasteiger partial charge in [-0.05, 0) is 40.5 Å². The second kappa shape index (κ2) is 8.35. The third-order valence-electron chi connectivity index (χ3n) is 5.14. The number of amides is 1. The number of nitrogens with one attached hydrogen (secondary N) is 2. The maximum absolute atomic E-state index is 12.4. The van der Waals surface area contributed by atoms with E-state index in [2.05, 4.69) is 10.0 Å². The van der Waals surface area contributed by atoms with Gasteiger partial charge in [-0.1, -0.05) is 48.5 Å². The lowest BCUT2D eigenvalue weighted by molar-refractivity contribution is 0.0698. The van der Waals surface area contributed by atoms with Gasteiger partial charge in [-0.3, -0.25) is 10.0 Å². The first-order chi connectivity index (χ1) is 15.2. The lowest BCUT2D eigenvalue weighted by Crippen LogP contribution is -2.18. The Kier molecular flexibility index (Phi) is 5.58. The largest absolute Gasteiger partial charge is 0.478 e. The number of hydrogen-bond donors (Lipinski definition) is 3. The molecule has 0 saturated heterocycles. The summed E-state index contributed by atoms with van der Waals surface area (Å²) in [5, 5.41) is 11.9. The van der Waals surface area contributed by atoms with Crippen molar-refractivity contribution in [1.82, 2.24) is 0 Å². The number of carboxylic acids is 1. The predicted molar refractivity (Wildman–Crippen MR) is 121 cm³/mol. The Labute approximate surface area is 184 Å². The zero-order valence-corrected chi connectivity index (χ0v) is 17.8. The number of aromatic carboxylic acids is 1. The van der Waals surface area contributed by atoms with Crippen LogP contribution in [-0.2, 0) is 14.8 Å². The van der Waals surface area contributed by atoms with Gasteiger partial charge in [-0.2, -0.15) is 0 Å². The van der Waals surface area contributed by atoms with Crippen molar-refractivity contribution in [1.29, 1.82) is 0 Å². The van der Waals surface area contributed by atoms with Crippen LogP contribution in [0, 0.1) is 0 Å². The van der Waals surface area contributed by atoms with Gasteiger partial charge in [0.25, 0.3) is 0 Å². The summed E-state index contributed by atoms with van der Waals surface area (Å²) in [5.41, 5.74) is 4.13. The number of carbonyl (C=O) groups excluding carboxylic acids is 1. The number of fused-ring (bicyclic) bond motifs is 3. The van der Waals surface area contributed by atoms with Crippen molar-refractivity contribution < 1.29 is 27.9 Å². The van der Waals surface area contributed by atoms with Crippen LogP contribution in [0.25, 0.3) is 11.1 Å². The first kappa shape index (κ1) is 21.4. The molecule has 1 aliphatic rings. The molecule has 9 heteroatoms. The Morgan fingerprint density at radius 1 is 0.969 bits per heavy atom. The van der Waals surface area contributed by atoms with E-state index in [1.807, 2.05) is 48.5 Å². The standard InChI is InChI=1S/C23H20N2O6S/c1-32(29,30)25-21-11-10-14(12-19(21)22(26)27)24-23(28)31-13-20-17-8-4-2-6-15(17)16-7-3-5-9-18(16)20/h2-12,20,25H,13H2,1H3,(H,24,28)(H,26,27). The van der Waals surface area contributed by atoms with Crippen molar-refractivity contribution in [3.05, 3.63) is 83.4 Å². The quantitative estimate of drug-likeness (QED) is 0.517. The highest BCUT2D eigenvalue weighted by molar-refractivity contribution is 7.92. The van der Waals surface area contributed by atoms with E-state index in [-0.39, 0.29) is 29.5 Å². The summed E-state index contributed by atoms with van der Waals surface area (Å²) in [4.78, 5) is 23.9. The topological polar surface area (TPSA) is 122 Å². The van der Waals surface area contributed by atoms with E-state index in [9.17, 15) is 23.1 Å². The number of benzene rings is 3. The molecule has 3 aromatic rings. The molecule has 0 aliphatic heterocycles. The highest BCUT2D eigenvalue weighted by Gasteiger charge is 2.29. The molecule has 0 saturated carbocycles. The normalized spacial score (nSPS) is 12.5. The van der Waals surface area contributed by atoms with Crippen LogP contribution in [0.2, 0.25) is 0 Å². The van der Waals surface area contributed by atoms with Crippen LogP contribution in [0.3, 0.4) is 0 Å². The van der Waals surface area contributed by atoms with Gasteiger partial charge in [0.1, 0.15) is 6.61 Å². The van der Waals surface area contributed by atoms with Crippen LogP contribution in [-0.4, -0.2) is 38.4 Å². The summed E-state index contributed by atoms with van der Waals surface area (Å²) in [6, 6.07) is 19.7. The molecule has 0 radical (unpaired) electrons. The second-order valence-electron chi connectivity index (χ2n) is 7.39. The summed E-state index contributed by atoms with van der Waals surface area (Å²) in [6.07, 6.45) is 0.175. The number of hydrogen-bond acceptors (Lipinski definition) is 5. The van der Waals surface area contributed by atoms with Gasteiger partial charge in [0.15, 0.2) is 0 Å². The van der Waals surface area contributed by atoms with E-state index in [0.717, 1.165) is 34.6 Å². The summed E-state index contributed by atoms with van der Waals surface area (Å²) < 4.78 is 30.4. The molecule has 0 spiro atoms. The molecule has 0 atom stereocenters. The average molecular weight is 452 g/mol. The molecule has 0 heterocycles. The predicted octanol–water partition coefficient (Wildman–Crippen LogP) is 4.12. The van der Waals surface area contributed by atoms with Gasteiger partial charge >= 0.3 is 12.1 Å². The van der Waals surface area contributed by atoms with Gasteiger partial charge in [0.05, 0.1) is 17.5 Å². The van der Waals surface area contributed by atoms with E-state index in [1.54, 1.807) is 0 Å². The van der Waals surface area contributed by atoms with Crippen LogP contribution in [0.15, 0.2) is 66.7 Å². The maximum atomic E-state index is 12.4. The molecule has 4 rings (SSSR count). The number of carbonyl (C=O) groups is 2. The average Bonchev–Trinajstić information content (AvgIpc) is 3.06. The fraction of sp³-hybridized carbons (Fsp3) is 0.130. The van der Waals surface area contributed by atoms with Crippen molar-refractivity contribution in [3.63, 3.8) is 0 Å². The monoisotopic (exact) mass is 452 g/mol. The maximum Gasteiger partial charge on any atom is 0.411 e. The van der Waals surface area contributed by atoms with Gasteiger partial charge < -0.3 is 9.84 Å². The SMILES string of the molecule is CS(=O)(=O)Nc1ccc(NC(=O)OCC2c3ccccc3-c3ccccc32)cc1C(=O)O. The van der Waals surface area contributed by atoms with Crippen molar-refractivity contribution in [2.24, 2.45) is 0 Å². The molecule has 1 aliphatic carbocycles. The Hall–Kier alpha value is -3.85. The number of anilines is 2. The minimum Gasteiger partial charge on any atom is -0.478 e. The third kappa shape index (κ3) is 4.42. The van der Waals surface area contributed by atoms with Crippen LogP contribution in [0.5, 0.6) is 0 Å². The van der Waals surface area contributed by atoms with Gasteiger partial charge in [-0.25, -0.2) is 18.0 Å². The van der Waals surface area contributed by atoms with E-state index < -0.39 is 22.1 Å². The molecule has 32 heavy (non-hydrogen) atoms. The molecular weight excluding hydrogens is 432 g/mol. The smallest absolute Gasteiger partial charge is 0.411 e. The summed E-state index contributed by atoms with van der Waals surface area (Å²) in [5.74, 6) is -1.45. The third-order valence-corrected chi connectivity index (χ3v) is 5.73. The molecule has 164 valence electrons. The molecule has 0 unspecified atom stereocenters. The Balaban J connectivity index is 1.48. The first-order valence-corrected chi connectivity index (χ1v) is 11.6. The Bertz CT molecular complexity index is 1270. The van der Waals surface area contributed by atoms with Crippen LogP contribution < -0.4 is 10.0 Å². The van der Waals surface area contributed by atoms with Crippen molar-refractivity contribution in [3.8, 4) is 11.1 Å².